The van der Waals surface area contributed by atoms with Crippen LogP contribution < -0.4 is 5.43 Å². The lowest BCUT2D eigenvalue weighted by molar-refractivity contribution is -0.384. The Hall–Kier alpha value is -3.32. The second-order valence-corrected chi connectivity index (χ2v) is 5.86. The van der Waals surface area contributed by atoms with E-state index in [1.165, 1.54) is 23.5 Å². The summed E-state index contributed by atoms with van der Waals surface area (Å²) < 4.78 is 0. The van der Waals surface area contributed by atoms with Gasteiger partial charge in [0.25, 0.3) is 5.69 Å². The number of aromatic nitrogens is 1. The highest BCUT2D eigenvalue weighted by Crippen LogP contribution is 2.27. The van der Waals surface area contributed by atoms with Crippen LogP contribution in [0.2, 0.25) is 0 Å². The van der Waals surface area contributed by atoms with Crippen molar-refractivity contribution >= 4 is 34.4 Å². The van der Waals surface area contributed by atoms with Crippen LogP contribution in [0.15, 0.2) is 71.2 Å². The fourth-order valence-corrected chi connectivity index (χ4v) is 2.76. The Balaban J connectivity index is 1.62. The topological polar surface area (TPSA) is 80.4 Å². The average molecular weight is 350 g/mol. The zero-order valence-electron chi connectivity index (χ0n) is 13.1. The number of allylic oxidation sites excluding steroid dienone is 1. The van der Waals surface area contributed by atoms with Gasteiger partial charge in [0.15, 0.2) is 0 Å². The number of benzene rings is 2. The molecule has 2 aromatic carbocycles. The van der Waals surface area contributed by atoms with Gasteiger partial charge in [0.1, 0.15) is 0 Å². The summed E-state index contributed by atoms with van der Waals surface area (Å²) in [6, 6.07) is 16.3. The smallest absolute Gasteiger partial charge is 0.258 e. The van der Waals surface area contributed by atoms with Crippen LogP contribution >= 0.6 is 11.3 Å². The van der Waals surface area contributed by atoms with Crippen molar-refractivity contribution in [2.45, 2.75) is 0 Å². The van der Waals surface area contributed by atoms with Crippen LogP contribution in [-0.4, -0.2) is 16.1 Å². The summed E-state index contributed by atoms with van der Waals surface area (Å²) in [7, 11) is 0. The molecule has 7 heteroatoms. The molecule has 3 aromatic rings. The van der Waals surface area contributed by atoms with E-state index in [-0.39, 0.29) is 5.69 Å². The van der Waals surface area contributed by atoms with Gasteiger partial charge in [0, 0.05) is 29.3 Å². The van der Waals surface area contributed by atoms with Crippen LogP contribution in [0.3, 0.4) is 0 Å². The first kappa shape index (κ1) is 16.5. The summed E-state index contributed by atoms with van der Waals surface area (Å²) in [6.45, 7) is 0. The third-order valence-electron chi connectivity index (χ3n) is 3.27. The maximum absolute atomic E-state index is 10.8. The average Bonchev–Trinajstić information content (AvgIpc) is 3.11. The second-order valence-electron chi connectivity index (χ2n) is 5.01. The van der Waals surface area contributed by atoms with Gasteiger partial charge < -0.3 is 0 Å². The van der Waals surface area contributed by atoms with Gasteiger partial charge in [-0.05, 0) is 11.6 Å². The maximum Gasteiger partial charge on any atom is 0.270 e. The van der Waals surface area contributed by atoms with E-state index in [1.54, 1.807) is 18.3 Å². The van der Waals surface area contributed by atoms with E-state index in [0.29, 0.717) is 16.4 Å². The van der Waals surface area contributed by atoms with Crippen molar-refractivity contribution in [3.05, 3.63) is 81.7 Å². The van der Waals surface area contributed by atoms with Crippen LogP contribution in [0.1, 0.15) is 5.56 Å². The Morgan fingerprint density at radius 2 is 2.00 bits per heavy atom. The number of nitro groups is 1. The van der Waals surface area contributed by atoms with Crippen molar-refractivity contribution in [2.75, 3.05) is 5.43 Å². The van der Waals surface area contributed by atoms with Gasteiger partial charge in [-0.25, -0.2) is 4.98 Å². The van der Waals surface area contributed by atoms with Crippen LogP contribution in [0.5, 0.6) is 0 Å². The SMILES string of the molecule is O=[N+]([O-])c1cccc(-c2csc(NN=C/C=C/c3ccccc3)n2)c1. The first-order valence-electron chi connectivity index (χ1n) is 7.43. The van der Waals surface area contributed by atoms with Crippen molar-refractivity contribution in [3.8, 4) is 11.3 Å². The molecule has 0 aliphatic rings. The highest BCUT2D eigenvalue weighted by molar-refractivity contribution is 7.14. The highest BCUT2D eigenvalue weighted by Gasteiger charge is 2.09. The fraction of sp³-hybridized carbons (Fsp3) is 0. The number of hydrogen-bond donors (Lipinski definition) is 1. The van der Waals surface area contributed by atoms with Crippen LogP contribution in [-0.2, 0) is 0 Å². The van der Waals surface area contributed by atoms with Crippen molar-refractivity contribution in [1.82, 2.24) is 4.98 Å². The van der Waals surface area contributed by atoms with E-state index in [9.17, 15) is 10.1 Å². The van der Waals surface area contributed by atoms with Gasteiger partial charge in [-0.3, -0.25) is 15.5 Å². The minimum Gasteiger partial charge on any atom is -0.258 e. The minimum absolute atomic E-state index is 0.0454. The van der Waals surface area contributed by atoms with E-state index in [1.807, 2.05) is 47.9 Å². The molecule has 0 aliphatic heterocycles. The lowest BCUT2D eigenvalue weighted by Gasteiger charge is -1.96. The molecule has 25 heavy (non-hydrogen) atoms. The molecule has 124 valence electrons. The van der Waals surface area contributed by atoms with E-state index in [0.717, 1.165) is 5.56 Å². The normalized spacial score (nSPS) is 11.2. The van der Waals surface area contributed by atoms with E-state index < -0.39 is 4.92 Å². The molecule has 0 amide bonds. The molecule has 0 bridgehead atoms. The van der Waals surface area contributed by atoms with Crippen LogP contribution in [0, 0.1) is 10.1 Å². The van der Waals surface area contributed by atoms with Gasteiger partial charge >= 0.3 is 0 Å². The highest BCUT2D eigenvalue weighted by atomic mass is 32.1. The van der Waals surface area contributed by atoms with E-state index in [4.69, 9.17) is 0 Å². The molecule has 1 aromatic heterocycles. The molecule has 0 aliphatic carbocycles. The predicted molar refractivity (Wildman–Crippen MR) is 102 cm³/mol. The summed E-state index contributed by atoms with van der Waals surface area (Å²) in [5.74, 6) is 0. The number of nitrogens with one attached hydrogen (secondary N) is 1. The van der Waals surface area contributed by atoms with Crippen molar-refractivity contribution in [3.63, 3.8) is 0 Å². The number of rotatable bonds is 6. The van der Waals surface area contributed by atoms with Crippen molar-refractivity contribution in [2.24, 2.45) is 5.10 Å². The molecule has 0 saturated heterocycles. The standard InChI is InChI=1S/C18H14N4O2S/c23-22(24)16-10-4-9-15(12-16)17-13-25-18(20-17)21-19-11-5-8-14-6-2-1-3-7-14/h1-13H,(H,20,21)/b8-5+,19-11?. The van der Waals surface area contributed by atoms with Gasteiger partial charge in [0.05, 0.1) is 10.6 Å². The summed E-state index contributed by atoms with van der Waals surface area (Å²) in [4.78, 5) is 14.8. The molecule has 1 N–H and O–H groups in total. The number of hydrazone groups is 1. The fourth-order valence-electron chi connectivity index (χ4n) is 2.09. The summed E-state index contributed by atoms with van der Waals surface area (Å²) in [5, 5.41) is 17.4. The summed E-state index contributed by atoms with van der Waals surface area (Å²) in [6.07, 6.45) is 5.42. The van der Waals surface area contributed by atoms with E-state index >= 15 is 0 Å². The third kappa shape index (κ3) is 4.58. The van der Waals surface area contributed by atoms with Crippen molar-refractivity contribution < 1.29 is 4.92 Å². The molecule has 0 fully saturated rings. The zero-order valence-corrected chi connectivity index (χ0v) is 13.9. The van der Waals surface area contributed by atoms with Gasteiger partial charge in [-0.2, -0.15) is 5.10 Å². The largest absolute Gasteiger partial charge is 0.270 e. The molecule has 0 saturated carbocycles. The van der Waals surface area contributed by atoms with Gasteiger partial charge in [-0.1, -0.05) is 48.5 Å². The maximum atomic E-state index is 10.8. The Kier molecular flexibility index (Phi) is 5.28. The Bertz CT molecular complexity index is 920. The first-order valence-corrected chi connectivity index (χ1v) is 8.31. The molecule has 1 heterocycles. The lowest BCUT2D eigenvalue weighted by Crippen LogP contribution is -1.89. The lowest BCUT2D eigenvalue weighted by atomic mass is 10.1. The minimum atomic E-state index is -0.418. The monoisotopic (exact) mass is 350 g/mol. The molecule has 0 spiro atoms. The van der Waals surface area contributed by atoms with Crippen LogP contribution in [0.4, 0.5) is 10.8 Å². The van der Waals surface area contributed by atoms with Gasteiger partial charge in [0.2, 0.25) is 5.13 Å². The second kappa shape index (κ2) is 7.98. The quantitative estimate of drug-likeness (QED) is 0.392. The Morgan fingerprint density at radius 3 is 2.80 bits per heavy atom. The number of hydrogen-bond acceptors (Lipinski definition) is 6. The summed E-state index contributed by atoms with van der Waals surface area (Å²) >= 11 is 1.38. The molecular weight excluding hydrogens is 336 g/mol. The molecular formula is C18H14N4O2S. The first-order chi connectivity index (χ1) is 12.2. The Labute approximate surface area is 148 Å². The van der Waals surface area contributed by atoms with Crippen molar-refractivity contribution in [1.29, 1.82) is 0 Å². The number of nitrogens with zero attached hydrogens (tertiary/aromatic N) is 3. The number of non-ortho nitro benzene ring substituents is 1. The molecule has 3 rings (SSSR count). The van der Waals surface area contributed by atoms with Crippen LogP contribution in [0.25, 0.3) is 17.3 Å². The number of anilines is 1. The number of thiazole rings is 1. The molecule has 0 radical (unpaired) electrons. The number of nitro benzene ring substituents is 1. The molecule has 0 unspecified atom stereocenters. The Morgan fingerprint density at radius 1 is 1.16 bits per heavy atom. The predicted octanol–water partition coefficient (Wildman–Crippen LogP) is 4.83. The summed E-state index contributed by atoms with van der Waals surface area (Å²) in [5.41, 5.74) is 5.36. The zero-order chi connectivity index (χ0) is 17.5. The van der Waals surface area contributed by atoms with Gasteiger partial charge in [-0.15, -0.1) is 11.3 Å². The molecule has 6 nitrogen and oxygen atoms in total. The molecule has 0 atom stereocenters. The van der Waals surface area contributed by atoms with E-state index in [2.05, 4.69) is 15.5 Å². The third-order valence-corrected chi connectivity index (χ3v) is 4.01.